The zero-order valence-electron chi connectivity index (χ0n) is 23.0. The van der Waals surface area contributed by atoms with Crippen LogP contribution >= 0.6 is 11.3 Å². The second-order valence-electron chi connectivity index (χ2n) is 10.4. The van der Waals surface area contributed by atoms with Gasteiger partial charge in [-0.2, -0.15) is 9.97 Å². The maximum atomic E-state index is 10.1. The number of hydrogen-bond acceptors (Lipinski definition) is 11. The van der Waals surface area contributed by atoms with E-state index in [1.165, 1.54) is 0 Å². The van der Waals surface area contributed by atoms with Crippen LogP contribution in [0.25, 0.3) is 20.8 Å². The Balaban J connectivity index is 1.41. The van der Waals surface area contributed by atoms with E-state index in [0.29, 0.717) is 35.2 Å². The van der Waals surface area contributed by atoms with Gasteiger partial charge in [-0.25, -0.2) is 4.98 Å². The first-order chi connectivity index (χ1) is 19.3. The number of aliphatic hydroxyl groups is 1. The van der Waals surface area contributed by atoms with Crippen LogP contribution in [0.2, 0.25) is 0 Å². The van der Waals surface area contributed by atoms with Crippen LogP contribution in [0.15, 0.2) is 42.5 Å². The fourth-order valence-electron chi connectivity index (χ4n) is 5.46. The summed E-state index contributed by atoms with van der Waals surface area (Å²) in [5.74, 6) is 1.43. The van der Waals surface area contributed by atoms with E-state index in [-0.39, 0.29) is 36.8 Å². The molecule has 6 rings (SSSR count). The number of methoxy groups -OCH3 is 2. The molecule has 0 amide bonds. The van der Waals surface area contributed by atoms with Gasteiger partial charge in [-0.3, -0.25) is 0 Å². The lowest BCUT2D eigenvalue weighted by molar-refractivity contribution is -0.158. The summed E-state index contributed by atoms with van der Waals surface area (Å²) >= 11 is 1.58. The smallest absolute Gasteiger partial charge is 0.324 e. The summed E-state index contributed by atoms with van der Waals surface area (Å²) in [7, 11) is 3.16. The first-order valence-electron chi connectivity index (χ1n) is 13.2. The van der Waals surface area contributed by atoms with E-state index < -0.39 is 5.79 Å². The van der Waals surface area contributed by atoms with Gasteiger partial charge in [0.1, 0.15) is 34.2 Å². The molecule has 2 N–H and O–H groups in total. The molecule has 3 heterocycles. The maximum Gasteiger partial charge on any atom is 0.324 e. The normalized spacial score (nSPS) is 23.2. The number of nitrogens with one attached hydrogen (secondary N) is 1. The molecule has 2 aromatic carbocycles. The first kappa shape index (κ1) is 26.7. The van der Waals surface area contributed by atoms with Gasteiger partial charge >= 0.3 is 6.01 Å². The van der Waals surface area contributed by atoms with Gasteiger partial charge in [0.2, 0.25) is 0 Å². The lowest BCUT2D eigenvalue weighted by atomic mass is 10.1. The van der Waals surface area contributed by atoms with E-state index in [2.05, 4.69) is 5.32 Å². The van der Waals surface area contributed by atoms with Crippen LogP contribution in [0.1, 0.15) is 26.0 Å². The Bertz CT molecular complexity index is 1490. The highest BCUT2D eigenvalue weighted by Crippen LogP contribution is 2.44. The third kappa shape index (κ3) is 5.05. The Kier molecular flexibility index (Phi) is 6.99. The third-order valence-electron chi connectivity index (χ3n) is 7.25. The molecule has 2 aromatic heterocycles. The van der Waals surface area contributed by atoms with Gasteiger partial charge in [0, 0.05) is 30.7 Å². The van der Waals surface area contributed by atoms with Crippen LogP contribution in [0.4, 0.5) is 5.82 Å². The van der Waals surface area contributed by atoms with Crippen molar-refractivity contribution in [1.82, 2.24) is 15.0 Å². The summed E-state index contributed by atoms with van der Waals surface area (Å²) in [5.41, 5.74) is 2.41. The largest absolute Gasteiger partial charge is 0.496 e. The lowest BCUT2D eigenvalue weighted by Gasteiger charge is -2.24. The number of nitrogens with zero attached hydrogens (tertiary/aromatic N) is 3. The Hall–Kier alpha value is -3.51. The van der Waals surface area contributed by atoms with E-state index in [9.17, 15) is 5.11 Å². The van der Waals surface area contributed by atoms with Crippen molar-refractivity contribution in [1.29, 1.82) is 0 Å². The molecule has 0 bridgehead atoms. The van der Waals surface area contributed by atoms with Gasteiger partial charge < -0.3 is 34.1 Å². The number of aryl methyl sites for hydroxylation is 1. The summed E-state index contributed by atoms with van der Waals surface area (Å²) in [5, 5.41) is 14.5. The van der Waals surface area contributed by atoms with Crippen molar-refractivity contribution >= 4 is 27.4 Å². The number of thiazole rings is 1. The molecule has 4 atom stereocenters. The van der Waals surface area contributed by atoms with Gasteiger partial charge in [-0.15, -0.1) is 11.3 Å². The van der Waals surface area contributed by atoms with Crippen LogP contribution in [0.5, 0.6) is 23.3 Å². The zero-order chi connectivity index (χ0) is 28.0. The molecule has 1 unspecified atom stereocenters. The van der Waals surface area contributed by atoms with Crippen LogP contribution in [-0.4, -0.2) is 64.9 Å². The van der Waals surface area contributed by atoms with Crippen molar-refractivity contribution in [3.05, 3.63) is 48.2 Å². The molecule has 11 heteroatoms. The Labute approximate surface area is 236 Å². The lowest BCUT2D eigenvalue weighted by Crippen LogP contribution is -2.35. The van der Waals surface area contributed by atoms with Gasteiger partial charge in [-0.1, -0.05) is 12.1 Å². The molecular formula is C29H32N4O6S. The Morgan fingerprint density at radius 3 is 2.40 bits per heavy atom. The highest BCUT2D eigenvalue weighted by molar-refractivity contribution is 7.21. The number of aromatic nitrogens is 3. The Morgan fingerprint density at radius 1 is 1.00 bits per heavy atom. The molecule has 210 valence electrons. The average molecular weight is 565 g/mol. The molecular weight excluding hydrogens is 532 g/mol. The van der Waals surface area contributed by atoms with E-state index in [0.717, 1.165) is 20.8 Å². The number of aliphatic hydroxyl groups excluding tert-OH is 1. The summed E-state index contributed by atoms with van der Waals surface area (Å²) in [4.78, 5) is 14.4. The molecule has 1 aliphatic heterocycles. The standard InChI is InChI=1S/C29H32N4O6S/c1-15-23(27-32-20-8-6-7-9-22(20)40-27)26(31-21-10-16(14-34)24-25(21)39-29(2,3)38-24)33-28(30-15)37-19-12-17(35-4)11-18(13-19)36-5/h6-9,11-13,16,21,24-25,34H,10,14H2,1-5H3,(H,30,31,33)/t16-,21-,24-,25?/m1/s1. The summed E-state index contributed by atoms with van der Waals surface area (Å²) in [6.45, 7) is 5.72. The molecule has 1 saturated heterocycles. The van der Waals surface area contributed by atoms with E-state index in [1.807, 2.05) is 45.0 Å². The van der Waals surface area contributed by atoms with Crippen LogP contribution in [0, 0.1) is 12.8 Å². The number of rotatable bonds is 8. The second-order valence-corrected chi connectivity index (χ2v) is 11.5. The molecule has 0 radical (unpaired) electrons. The average Bonchev–Trinajstić information content (AvgIpc) is 3.58. The number of hydrogen-bond donors (Lipinski definition) is 2. The fourth-order valence-corrected chi connectivity index (χ4v) is 6.52. The molecule has 1 saturated carbocycles. The minimum atomic E-state index is -0.736. The predicted octanol–water partition coefficient (Wildman–Crippen LogP) is 5.18. The van der Waals surface area contributed by atoms with Crippen molar-refractivity contribution < 1.29 is 28.8 Å². The minimum Gasteiger partial charge on any atom is -0.496 e. The van der Waals surface area contributed by atoms with Crippen molar-refractivity contribution in [3.8, 4) is 33.8 Å². The number of benzene rings is 2. The molecule has 2 fully saturated rings. The number of fused-ring (bicyclic) bond motifs is 2. The number of para-hydroxylation sites is 1. The summed E-state index contributed by atoms with van der Waals surface area (Å²) < 4.78 is 30.4. The second kappa shape index (κ2) is 10.5. The quantitative estimate of drug-likeness (QED) is 0.296. The van der Waals surface area contributed by atoms with E-state index in [4.69, 9.17) is 38.6 Å². The highest BCUT2D eigenvalue weighted by Gasteiger charge is 2.54. The van der Waals surface area contributed by atoms with E-state index in [1.54, 1.807) is 43.8 Å². The summed E-state index contributed by atoms with van der Waals surface area (Å²) in [6, 6.07) is 13.3. The van der Waals surface area contributed by atoms with Gasteiger partial charge in [0.25, 0.3) is 0 Å². The summed E-state index contributed by atoms with van der Waals surface area (Å²) in [6.07, 6.45) is 0.192. The zero-order valence-corrected chi connectivity index (χ0v) is 23.8. The van der Waals surface area contributed by atoms with Gasteiger partial charge in [0.05, 0.1) is 47.8 Å². The topological polar surface area (TPSA) is 117 Å². The van der Waals surface area contributed by atoms with Crippen molar-refractivity contribution in [2.75, 3.05) is 26.1 Å². The number of ether oxygens (including phenoxy) is 5. The SMILES string of the molecule is COc1cc(OC)cc(Oc2nc(C)c(-c3nc4ccccc4s3)c(N[C@@H]3C[C@H](CO)[C@H]4OC(C)(C)OC34)n2)c1. The molecule has 4 aromatic rings. The van der Waals surface area contributed by atoms with Crippen molar-refractivity contribution in [2.45, 2.75) is 51.2 Å². The third-order valence-corrected chi connectivity index (χ3v) is 8.30. The van der Waals surface area contributed by atoms with Crippen LogP contribution in [-0.2, 0) is 9.47 Å². The molecule has 1 aliphatic carbocycles. The first-order valence-corrected chi connectivity index (χ1v) is 14.0. The van der Waals surface area contributed by atoms with Crippen LogP contribution in [0.3, 0.4) is 0 Å². The molecule has 40 heavy (non-hydrogen) atoms. The van der Waals surface area contributed by atoms with Gasteiger partial charge in [0.15, 0.2) is 5.79 Å². The monoisotopic (exact) mass is 564 g/mol. The molecule has 2 aliphatic rings. The number of anilines is 1. The maximum absolute atomic E-state index is 10.1. The van der Waals surface area contributed by atoms with Gasteiger partial charge in [-0.05, 0) is 39.3 Å². The molecule has 10 nitrogen and oxygen atoms in total. The fraction of sp³-hybridized carbons (Fsp3) is 0.414. The minimum absolute atomic E-state index is 0.0123. The predicted molar refractivity (Wildman–Crippen MR) is 151 cm³/mol. The van der Waals surface area contributed by atoms with Crippen molar-refractivity contribution in [2.24, 2.45) is 5.92 Å². The van der Waals surface area contributed by atoms with Crippen LogP contribution < -0.4 is 19.5 Å². The van der Waals surface area contributed by atoms with E-state index >= 15 is 0 Å². The molecule has 0 spiro atoms. The Morgan fingerprint density at radius 2 is 1.70 bits per heavy atom. The van der Waals surface area contributed by atoms with Crippen molar-refractivity contribution in [3.63, 3.8) is 0 Å². The highest BCUT2D eigenvalue weighted by atomic mass is 32.1.